The summed E-state index contributed by atoms with van der Waals surface area (Å²) in [4.78, 5) is 3.33. The molecule has 2 heteroatoms. The molecule has 0 aliphatic heterocycles. The van der Waals surface area contributed by atoms with Crippen LogP contribution in [0.1, 0.15) is 33.3 Å². The highest BCUT2D eigenvalue weighted by Crippen LogP contribution is 2.20. The van der Waals surface area contributed by atoms with Crippen LogP contribution in [0.2, 0.25) is 0 Å². The molecular weight excluding hydrogens is 232 g/mol. The van der Waals surface area contributed by atoms with Gasteiger partial charge in [0.1, 0.15) is 0 Å². The molecule has 0 unspecified atom stereocenters. The zero-order valence-corrected chi connectivity index (χ0v) is 12.5. The number of H-pyrrole nitrogens is 1. The minimum atomic E-state index is 0.732. The molecule has 0 atom stereocenters. The molecule has 1 heterocycles. The molecule has 19 heavy (non-hydrogen) atoms. The average Bonchev–Trinajstić information content (AvgIpc) is 2.77. The van der Waals surface area contributed by atoms with Gasteiger partial charge in [-0.3, -0.25) is 0 Å². The maximum Gasteiger partial charge on any atom is 0.0457 e. The highest BCUT2D eigenvalue weighted by atomic mass is 14.9. The lowest BCUT2D eigenvalue weighted by molar-refractivity contribution is 0.275. The van der Waals surface area contributed by atoms with Crippen LogP contribution in [0.4, 0.5) is 0 Å². The van der Waals surface area contributed by atoms with Gasteiger partial charge in [-0.1, -0.05) is 45.9 Å². The van der Waals surface area contributed by atoms with Crippen LogP contribution in [-0.2, 0) is 6.54 Å². The summed E-state index contributed by atoms with van der Waals surface area (Å²) in [5.74, 6) is 2.20. The lowest BCUT2D eigenvalue weighted by Gasteiger charge is -2.25. The maximum atomic E-state index is 3.62. The minimum absolute atomic E-state index is 0.732. The molecule has 1 aromatic heterocycles. The van der Waals surface area contributed by atoms with Crippen LogP contribution in [0, 0.1) is 17.8 Å². The maximum absolute atomic E-state index is 3.62. The largest absolute Gasteiger partial charge is 0.361 e. The number of nitrogens with one attached hydrogen (secondary N) is 2. The third-order valence-corrected chi connectivity index (χ3v) is 4.08. The molecule has 1 aromatic carbocycles. The Kier molecular flexibility index (Phi) is 4.65. The van der Waals surface area contributed by atoms with Crippen LogP contribution >= 0.6 is 0 Å². The van der Waals surface area contributed by atoms with Gasteiger partial charge in [-0.25, -0.2) is 0 Å². The summed E-state index contributed by atoms with van der Waals surface area (Å²) in [7, 11) is 0. The van der Waals surface area contributed by atoms with Crippen LogP contribution in [-0.4, -0.2) is 11.5 Å². The monoisotopic (exact) mass is 258 g/mol. The molecule has 2 rings (SSSR count). The number of benzene rings is 1. The summed E-state index contributed by atoms with van der Waals surface area (Å²) in [5, 5.41) is 4.96. The van der Waals surface area contributed by atoms with Gasteiger partial charge in [-0.15, -0.1) is 0 Å². The SMILES string of the molecule is CC(C)C(CNCc1c[nH]c2ccccc12)C(C)C. The molecule has 0 saturated heterocycles. The summed E-state index contributed by atoms with van der Waals surface area (Å²) in [5.41, 5.74) is 2.59. The topological polar surface area (TPSA) is 27.8 Å². The van der Waals surface area contributed by atoms with Gasteiger partial charge in [0.15, 0.2) is 0 Å². The van der Waals surface area contributed by atoms with Gasteiger partial charge in [0.05, 0.1) is 0 Å². The second-order valence-corrected chi connectivity index (χ2v) is 6.14. The first kappa shape index (κ1) is 14.1. The molecule has 0 amide bonds. The van der Waals surface area contributed by atoms with Crippen molar-refractivity contribution in [3.63, 3.8) is 0 Å². The smallest absolute Gasteiger partial charge is 0.0457 e. The first-order valence-corrected chi connectivity index (χ1v) is 7.35. The van der Waals surface area contributed by atoms with Gasteiger partial charge in [0.25, 0.3) is 0 Å². The number of hydrogen-bond acceptors (Lipinski definition) is 1. The molecule has 0 radical (unpaired) electrons. The predicted molar refractivity (Wildman–Crippen MR) is 83.2 cm³/mol. The quantitative estimate of drug-likeness (QED) is 0.799. The van der Waals surface area contributed by atoms with E-state index in [9.17, 15) is 0 Å². The zero-order valence-electron chi connectivity index (χ0n) is 12.5. The van der Waals surface area contributed by atoms with Gasteiger partial charge in [-0.05, 0) is 35.9 Å². The molecule has 0 fully saturated rings. The first-order chi connectivity index (χ1) is 9.09. The van der Waals surface area contributed by atoms with Crippen LogP contribution in [0.15, 0.2) is 30.5 Å². The van der Waals surface area contributed by atoms with Crippen molar-refractivity contribution >= 4 is 10.9 Å². The standard InChI is InChI=1S/C17H26N2/c1-12(2)16(13(3)4)11-18-9-14-10-19-17-8-6-5-7-15(14)17/h5-8,10,12-13,16,18-19H,9,11H2,1-4H3. The van der Waals surface area contributed by atoms with E-state index in [0.717, 1.165) is 30.8 Å². The second-order valence-electron chi connectivity index (χ2n) is 6.14. The Balaban J connectivity index is 1.95. The highest BCUT2D eigenvalue weighted by molar-refractivity contribution is 5.82. The van der Waals surface area contributed by atoms with Gasteiger partial charge >= 0.3 is 0 Å². The van der Waals surface area contributed by atoms with Gasteiger partial charge in [0.2, 0.25) is 0 Å². The minimum Gasteiger partial charge on any atom is -0.361 e. The number of fused-ring (bicyclic) bond motifs is 1. The van der Waals surface area contributed by atoms with Crippen molar-refractivity contribution in [1.29, 1.82) is 0 Å². The van der Waals surface area contributed by atoms with E-state index in [0.29, 0.717) is 0 Å². The van der Waals surface area contributed by atoms with Crippen molar-refractivity contribution < 1.29 is 0 Å². The molecule has 0 aliphatic rings. The Morgan fingerprint density at radius 2 is 1.74 bits per heavy atom. The average molecular weight is 258 g/mol. The van der Waals surface area contributed by atoms with Gasteiger partial charge < -0.3 is 10.3 Å². The molecule has 0 bridgehead atoms. The van der Waals surface area contributed by atoms with E-state index in [1.165, 1.54) is 16.5 Å². The van der Waals surface area contributed by atoms with Crippen molar-refractivity contribution in [2.24, 2.45) is 17.8 Å². The summed E-state index contributed by atoms with van der Waals surface area (Å²) in [6.07, 6.45) is 2.12. The van der Waals surface area contributed by atoms with E-state index in [1.54, 1.807) is 0 Å². The number of hydrogen-bond donors (Lipinski definition) is 2. The van der Waals surface area contributed by atoms with Crippen molar-refractivity contribution in [2.45, 2.75) is 34.2 Å². The third kappa shape index (κ3) is 3.38. The normalized spacial score (nSPS) is 12.2. The summed E-state index contributed by atoms with van der Waals surface area (Å²) in [6.45, 7) is 11.3. The van der Waals surface area contributed by atoms with E-state index < -0.39 is 0 Å². The van der Waals surface area contributed by atoms with Crippen LogP contribution in [0.5, 0.6) is 0 Å². The first-order valence-electron chi connectivity index (χ1n) is 7.35. The van der Waals surface area contributed by atoms with Crippen LogP contribution in [0.3, 0.4) is 0 Å². The molecule has 0 aliphatic carbocycles. The number of aromatic nitrogens is 1. The van der Waals surface area contributed by atoms with Crippen LogP contribution < -0.4 is 5.32 Å². The summed E-state index contributed by atoms with van der Waals surface area (Å²) in [6, 6.07) is 8.49. The fraction of sp³-hybridized carbons (Fsp3) is 0.529. The van der Waals surface area contributed by atoms with E-state index in [1.807, 2.05) is 0 Å². The number of para-hydroxylation sites is 1. The fourth-order valence-electron chi connectivity index (χ4n) is 2.89. The van der Waals surface area contributed by atoms with Crippen molar-refractivity contribution in [3.8, 4) is 0 Å². The lowest BCUT2D eigenvalue weighted by Crippen LogP contribution is -2.29. The third-order valence-electron chi connectivity index (χ3n) is 4.08. The second kappa shape index (κ2) is 6.25. The molecule has 2 N–H and O–H groups in total. The lowest BCUT2D eigenvalue weighted by atomic mass is 9.85. The Morgan fingerprint density at radius 1 is 1.05 bits per heavy atom. The van der Waals surface area contributed by atoms with Crippen molar-refractivity contribution in [1.82, 2.24) is 10.3 Å². The number of aromatic amines is 1. The molecule has 2 nitrogen and oxygen atoms in total. The summed E-state index contributed by atoms with van der Waals surface area (Å²) < 4.78 is 0. The van der Waals surface area contributed by atoms with Gasteiger partial charge in [-0.2, -0.15) is 0 Å². The van der Waals surface area contributed by atoms with E-state index in [4.69, 9.17) is 0 Å². The Morgan fingerprint density at radius 3 is 2.42 bits per heavy atom. The summed E-state index contributed by atoms with van der Waals surface area (Å²) >= 11 is 0. The van der Waals surface area contributed by atoms with Crippen LogP contribution in [0.25, 0.3) is 10.9 Å². The van der Waals surface area contributed by atoms with Crippen molar-refractivity contribution in [3.05, 3.63) is 36.0 Å². The Bertz CT molecular complexity index is 503. The molecule has 0 spiro atoms. The fourth-order valence-corrected chi connectivity index (χ4v) is 2.89. The van der Waals surface area contributed by atoms with E-state index >= 15 is 0 Å². The van der Waals surface area contributed by atoms with E-state index in [-0.39, 0.29) is 0 Å². The van der Waals surface area contributed by atoms with Gasteiger partial charge in [0, 0.05) is 23.6 Å². The molecule has 2 aromatic rings. The highest BCUT2D eigenvalue weighted by Gasteiger charge is 2.16. The molecule has 104 valence electrons. The molecular formula is C17H26N2. The number of rotatable bonds is 6. The predicted octanol–water partition coefficient (Wildman–Crippen LogP) is 4.19. The molecule has 0 saturated carbocycles. The van der Waals surface area contributed by atoms with E-state index in [2.05, 4.69) is 68.5 Å². The zero-order chi connectivity index (χ0) is 13.8. The Hall–Kier alpha value is -1.28. The van der Waals surface area contributed by atoms with Crippen molar-refractivity contribution in [2.75, 3.05) is 6.54 Å². The Labute approximate surface area is 116 Å².